The SMILES string of the molecule is O=C(Nc1cccc2cnccc12)N1CNC(C2CCOCC2)C1. The van der Waals surface area contributed by atoms with Gasteiger partial charge >= 0.3 is 6.03 Å². The van der Waals surface area contributed by atoms with Gasteiger partial charge in [0.05, 0.1) is 12.4 Å². The van der Waals surface area contributed by atoms with Gasteiger partial charge in [-0.1, -0.05) is 12.1 Å². The molecule has 126 valence electrons. The molecule has 2 saturated heterocycles. The van der Waals surface area contributed by atoms with Crippen LogP contribution in [0.4, 0.5) is 10.5 Å². The van der Waals surface area contributed by atoms with Gasteiger partial charge in [-0.15, -0.1) is 0 Å². The van der Waals surface area contributed by atoms with Crippen LogP contribution >= 0.6 is 0 Å². The van der Waals surface area contributed by atoms with E-state index in [0.717, 1.165) is 49.1 Å². The number of rotatable bonds is 2. The third-order valence-corrected chi connectivity index (χ3v) is 5.01. The fourth-order valence-electron chi connectivity index (χ4n) is 3.61. The number of carbonyl (C=O) groups is 1. The summed E-state index contributed by atoms with van der Waals surface area (Å²) >= 11 is 0. The van der Waals surface area contributed by atoms with Crippen molar-refractivity contribution in [2.24, 2.45) is 5.92 Å². The van der Waals surface area contributed by atoms with E-state index in [1.165, 1.54) is 0 Å². The predicted octanol–water partition coefficient (Wildman–Crippen LogP) is 2.42. The summed E-state index contributed by atoms with van der Waals surface area (Å²) in [7, 11) is 0. The van der Waals surface area contributed by atoms with Crippen molar-refractivity contribution in [3.8, 4) is 0 Å². The van der Waals surface area contributed by atoms with Crippen molar-refractivity contribution in [2.45, 2.75) is 18.9 Å². The van der Waals surface area contributed by atoms with Gasteiger partial charge in [-0.05, 0) is 30.9 Å². The normalized spacial score (nSPS) is 22.0. The van der Waals surface area contributed by atoms with Crippen molar-refractivity contribution in [1.29, 1.82) is 0 Å². The molecule has 3 heterocycles. The number of hydrogen-bond donors (Lipinski definition) is 2. The minimum atomic E-state index is -0.0543. The predicted molar refractivity (Wildman–Crippen MR) is 92.8 cm³/mol. The second-order valence-electron chi connectivity index (χ2n) is 6.47. The number of aromatic nitrogens is 1. The summed E-state index contributed by atoms with van der Waals surface area (Å²) in [4.78, 5) is 18.6. The van der Waals surface area contributed by atoms with E-state index in [0.29, 0.717) is 18.6 Å². The molecule has 0 bridgehead atoms. The molecule has 2 N–H and O–H groups in total. The average molecular weight is 326 g/mol. The van der Waals surface area contributed by atoms with E-state index in [1.807, 2.05) is 35.4 Å². The van der Waals surface area contributed by atoms with Gasteiger partial charge in [-0.2, -0.15) is 0 Å². The standard InChI is InChI=1S/C18H22N4O2/c23-18(21-16-3-1-2-14-10-19-7-4-15(14)16)22-11-17(20-12-22)13-5-8-24-9-6-13/h1-4,7,10,13,17,20H,5-6,8-9,11-12H2,(H,21,23). The highest BCUT2D eigenvalue weighted by Crippen LogP contribution is 2.24. The molecule has 2 aliphatic heterocycles. The molecule has 4 rings (SSSR count). The molecule has 2 aliphatic rings. The molecule has 1 unspecified atom stereocenters. The number of nitrogens with zero attached hydrogens (tertiary/aromatic N) is 2. The number of hydrogen-bond acceptors (Lipinski definition) is 4. The molecule has 2 amide bonds. The fraction of sp³-hybridized carbons (Fsp3) is 0.444. The highest BCUT2D eigenvalue weighted by Gasteiger charge is 2.32. The third-order valence-electron chi connectivity index (χ3n) is 5.01. The van der Waals surface area contributed by atoms with Gasteiger partial charge in [0.1, 0.15) is 0 Å². The van der Waals surface area contributed by atoms with E-state index < -0.39 is 0 Å². The average Bonchev–Trinajstić information content (AvgIpc) is 3.13. The maximum absolute atomic E-state index is 12.6. The van der Waals surface area contributed by atoms with E-state index >= 15 is 0 Å². The summed E-state index contributed by atoms with van der Waals surface area (Å²) in [5.41, 5.74) is 0.828. The molecule has 0 radical (unpaired) electrons. The Morgan fingerprint density at radius 3 is 3.04 bits per heavy atom. The highest BCUT2D eigenvalue weighted by molar-refractivity contribution is 6.01. The Hall–Kier alpha value is -2.18. The molecule has 1 atom stereocenters. The van der Waals surface area contributed by atoms with Gasteiger partial charge in [0.15, 0.2) is 0 Å². The van der Waals surface area contributed by atoms with Crippen LogP contribution in [0.15, 0.2) is 36.7 Å². The lowest BCUT2D eigenvalue weighted by Gasteiger charge is -2.27. The number of carbonyl (C=O) groups excluding carboxylic acids is 1. The molecule has 0 spiro atoms. The topological polar surface area (TPSA) is 66.5 Å². The van der Waals surface area contributed by atoms with Gasteiger partial charge in [0, 0.05) is 49.0 Å². The number of anilines is 1. The first kappa shape index (κ1) is 15.4. The smallest absolute Gasteiger partial charge is 0.322 e. The Balaban J connectivity index is 1.43. The first-order chi connectivity index (χ1) is 11.8. The summed E-state index contributed by atoms with van der Waals surface area (Å²) < 4.78 is 5.43. The van der Waals surface area contributed by atoms with Crippen molar-refractivity contribution >= 4 is 22.5 Å². The van der Waals surface area contributed by atoms with Gasteiger partial charge in [-0.3, -0.25) is 10.3 Å². The lowest BCUT2D eigenvalue weighted by molar-refractivity contribution is 0.0569. The van der Waals surface area contributed by atoms with Gasteiger partial charge in [0.2, 0.25) is 0 Å². The van der Waals surface area contributed by atoms with Gasteiger partial charge in [0.25, 0.3) is 0 Å². The van der Waals surface area contributed by atoms with Crippen LogP contribution in [0.3, 0.4) is 0 Å². The Morgan fingerprint density at radius 2 is 2.17 bits per heavy atom. The molecule has 1 aromatic heterocycles. The first-order valence-corrected chi connectivity index (χ1v) is 8.51. The minimum absolute atomic E-state index is 0.0543. The van der Waals surface area contributed by atoms with E-state index in [2.05, 4.69) is 15.6 Å². The zero-order valence-electron chi connectivity index (χ0n) is 13.6. The number of nitrogens with one attached hydrogen (secondary N) is 2. The second-order valence-corrected chi connectivity index (χ2v) is 6.47. The van der Waals surface area contributed by atoms with E-state index in [9.17, 15) is 4.79 Å². The molecule has 6 nitrogen and oxygen atoms in total. The molecule has 1 aromatic carbocycles. The van der Waals surface area contributed by atoms with Gasteiger partial charge < -0.3 is 15.0 Å². The summed E-state index contributed by atoms with van der Waals surface area (Å²) in [6.45, 7) is 3.02. The summed E-state index contributed by atoms with van der Waals surface area (Å²) in [6, 6.07) is 8.11. The quantitative estimate of drug-likeness (QED) is 0.889. The molecule has 2 aromatic rings. The van der Waals surface area contributed by atoms with Crippen LogP contribution in [0.25, 0.3) is 10.8 Å². The molecular weight excluding hydrogens is 304 g/mol. The van der Waals surface area contributed by atoms with Crippen molar-refractivity contribution in [1.82, 2.24) is 15.2 Å². The van der Waals surface area contributed by atoms with E-state index in [1.54, 1.807) is 6.20 Å². The molecule has 6 heteroatoms. The number of pyridine rings is 1. The fourth-order valence-corrected chi connectivity index (χ4v) is 3.61. The third kappa shape index (κ3) is 3.07. The number of fused-ring (bicyclic) bond motifs is 1. The van der Waals surface area contributed by atoms with Crippen LogP contribution < -0.4 is 10.6 Å². The highest BCUT2D eigenvalue weighted by atomic mass is 16.5. The monoisotopic (exact) mass is 326 g/mol. The summed E-state index contributed by atoms with van der Waals surface area (Å²) in [5, 5.41) is 8.56. The van der Waals surface area contributed by atoms with Gasteiger partial charge in [-0.25, -0.2) is 4.79 Å². The number of urea groups is 1. The number of ether oxygens (including phenoxy) is 1. The summed E-state index contributed by atoms with van der Waals surface area (Å²) in [5.74, 6) is 0.597. The zero-order valence-corrected chi connectivity index (χ0v) is 13.6. The van der Waals surface area contributed by atoms with Crippen LogP contribution in [-0.4, -0.2) is 48.4 Å². The molecule has 0 saturated carbocycles. The van der Waals surface area contributed by atoms with Crippen molar-refractivity contribution < 1.29 is 9.53 Å². The minimum Gasteiger partial charge on any atom is -0.381 e. The van der Waals surface area contributed by atoms with Crippen molar-refractivity contribution in [3.05, 3.63) is 36.7 Å². The van der Waals surface area contributed by atoms with E-state index in [-0.39, 0.29) is 6.03 Å². The van der Waals surface area contributed by atoms with Crippen LogP contribution in [0.5, 0.6) is 0 Å². The largest absolute Gasteiger partial charge is 0.381 e. The lowest BCUT2D eigenvalue weighted by Crippen LogP contribution is -2.37. The Labute approximate surface area is 141 Å². The Kier molecular flexibility index (Phi) is 4.32. The van der Waals surface area contributed by atoms with Crippen LogP contribution in [0.2, 0.25) is 0 Å². The van der Waals surface area contributed by atoms with Crippen molar-refractivity contribution in [2.75, 3.05) is 31.7 Å². The molecule has 0 aliphatic carbocycles. The second kappa shape index (κ2) is 6.75. The van der Waals surface area contributed by atoms with Crippen LogP contribution in [0, 0.1) is 5.92 Å². The zero-order chi connectivity index (χ0) is 16.4. The summed E-state index contributed by atoms with van der Waals surface area (Å²) in [6.07, 6.45) is 5.70. The van der Waals surface area contributed by atoms with Crippen LogP contribution in [-0.2, 0) is 4.74 Å². The number of benzene rings is 1. The van der Waals surface area contributed by atoms with Crippen LogP contribution in [0.1, 0.15) is 12.8 Å². The Morgan fingerprint density at radius 1 is 1.29 bits per heavy atom. The van der Waals surface area contributed by atoms with E-state index in [4.69, 9.17) is 4.74 Å². The lowest BCUT2D eigenvalue weighted by atomic mass is 9.92. The Bertz CT molecular complexity index is 725. The van der Waals surface area contributed by atoms with Crippen molar-refractivity contribution in [3.63, 3.8) is 0 Å². The molecular formula is C18H22N4O2. The molecule has 2 fully saturated rings. The maximum Gasteiger partial charge on any atom is 0.322 e. The number of amides is 2. The molecule has 24 heavy (non-hydrogen) atoms. The maximum atomic E-state index is 12.6. The first-order valence-electron chi connectivity index (χ1n) is 8.51.